The van der Waals surface area contributed by atoms with Crippen LogP contribution in [0.25, 0.3) is 0 Å². The SMILES string of the molecule is COc1ccc(Nc2nc(C)cc(C(=O)N(C)Cc3ccccc3)n2)cc1Cl. The molecule has 3 rings (SSSR count). The van der Waals surface area contributed by atoms with E-state index >= 15 is 0 Å². The van der Waals surface area contributed by atoms with Crippen LogP contribution in [-0.4, -0.2) is 34.9 Å². The molecule has 2 aromatic carbocycles. The Kier molecular flexibility index (Phi) is 6.11. The number of hydrogen-bond acceptors (Lipinski definition) is 5. The third-order valence-electron chi connectivity index (χ3n) is 4.09. The highest BCUT2D eigenvalue weighted by Gasteiger charge is 2.16. The number of halogens is 1. The third kappa shape index (κ3) is 4.78. The molecule has 0 saturated heterocycles. The van der Waals surface area contributed by atoms with Crippen molar-refractivity contribution in [1.29, 1.82) is 0 Å². The van der Waals surface area contributed by atoms with E-state index in [0.29, 0.717) is 40.3 Å². The molecule has 0 saturated carbocycles. The summed E-state index contributed by atoms with van der Waals surface area (Å²) >= 11 is 6.16. The van der Waals surface area contributed by atoms with Crippen LogP contribution in [0.2, 0.25) is 5.02 Å². The monoisotopic (exact) mass is 396 g/mol. The Labute approximate surface area is 169 Å². The minimum atomic E-state index is -0.176. The van der Waals surface area contributed by atoms with Crippen molar-refractivity contribution in [3.63, 3.8) is 0 Å². The van der Waals surface area contributed by atoms with Crippen molar-refractivity contribution in [3.05, 3.63) is 76.6 Å². The maximum Gasteiger partial charge on any atom is 0.272 e. The van der Waals surface area contributed by atoms with E-state index in [9.17, 15) is 4.79 Å². The van der Waals surface area contributed by atoms with Crippen molar-refractivity contribution in [3.8, 4) is 5.75 Å². The van der Waals surface area contributed by atoms with Crippen molar-refractivity contribution in [1.82, 2.24) is 14.9 Å². The first-order chi connectivity index (χ1) is 13.5. The van der Waals surface area contributed by atoms with Gasteiger partial charge in [-0.1, -0.05) is 41.9 Å². The van der Waals surface area contributed by atoms with Gasteiger partial charge >= 0.3 is 0 Å². The van der Waals surface area contributed by atoms with Gasteiger partial charge < -0.3 is 15.0 Å². The van der Waals surface area contributed by atoms with Crippen molar-refractivity contribution in [2.45, 2.75) is 13.5 Å². The number of ether oxygens (including phenoxy) is 1. The maximum absolute atomic E-state index is 12.8. The first-order valence-electron chi connectivity index (χ1n) is 8.72. The topological polar surface area (TPSA) is 67.3 Å². The quantitative estimate of drug-likeness (QED) is 0.666. The van der Waals surface area contributed by atoms with E-state index in [1.54, 1.807) is 43.3 Å². The molecule has 0 aliphatic heterocycles. The van der Waals surface area contributed by atoms with Crippen LogP contribution in [0.15, 0.2) is 54.6 Å². The molecule has 0 aliphatic carbocycles. The molecular formula is C21H21ClN4O2. The largest absolute Gasteiger partial charge is 0.495 e. The zero-order valence-corrected chi connectivity index (χ0v) is 16.7. The molecule has 0 spiro atoms. The van der Waals surface area contributed by atoms with Gasteiger partial charge in [0.15, 0.2) is 0 Å². The zero-order chi connectivity index (χ0) is 20.1. The Bertz CT molecular complexity index is 979. The molecule has 0 radical (unpaired) electrons. The minimum Gasteiger partial charge on any atom is -0.495 e. The Morgan fingerprint density at radius 3 is 2.57 bits per heavy atom. The number of aromatic nitrogens is 2. The molecule has 3 aromatic rings. The predicted molar refractivity (Wildman–Crippen MR) is 110 cm³/mol. The summed E-state index contributed by atoms with van der Waals surface area (Å²) in [5.41, 5.74) is 2.77. The molecule has 0 aliphatic rings. The number of methoxy groups -OCH3 is 1. The summed E-state index contributed by atoms with van der Waals surface area (Å²) in [6.07, 6.45) is 0. The molecule has 28 heavy (non-hydrogen) atoms. The number of carbonyl (C=O) groups is 1. The van der Waals surface area contributed by atoms with Crippen LogP contribution in [0.5, 0.6) is 5.75 Å². The normalized spacial score (nSPS) is 10.4. The minimum absolute atomic E-state index is 0.176. The second-order valence-electron chi connectivity index (χ2n) is 6.34. The van der Waals surface area contributed by atoms with Crippen LogP contribution in [0.1, 0.15) is 21.7 Å². The smallest absolute Gasteiger partial charge is 0.272 e. The first-order valence-corrected chi connectivity index (χ1v) is 9.09. The summed E-state index contributed by atoms with van der Waals surface area (Å²) in [5, 5.41) is 3.56. The molecule has 0 fully saturated rings. The lowest BCUT2D eigenvalue weighted by Gasteiger charge is -2.17. The highest BCUT2D eigenvalue weighted by molar-refractivity contribution is 6.32. The lowest BCUT2D eigenvalue weighted by Crippen LogP contribution is -2.27. The highest BCUT2D eigenvalue weighted by atomic mass is 35.5. The van der Waals surface area contributed by atoms with Gasteiger partial charge in [0.25, 0.3) is 5.91 Å². The number of hydrogen-bond donors (Lipinski definition) is 1. The number of aryl methyl sites for hydroxylation is 1. The van der Waals surface area contributed by atoms with Gasteiger partial charge in [0.1, 0.15) is 11.4 Å². The van der Waals surface area contributed by atoms with Gasteiger partial charge in [0.05, 0.1) is 12.1 Å². The standard InChI is InChI=1S/C21H21ClN4O2/c1-14-11-18(20(27)26(2)13-15-7-5-4-6-8-15)25-21(23-14)24-16-9-10-19(28-3)17(22)12-16/h4-12H,13H2,1-3H3,(H,23,24,25). The zero-order valence-electron chi connectivity index (χ0n) is 15.9. The van der Waals surface area contributed by atoms with E-state index in [1.807, 2.05) is 37.3 Å². The van der Waals surface area contributed by atoms with E-state index < -0.39 is 0 Å². The number of carbonyl (C=O) groups excluding carboxylic acids is 1. The number of amides is 1. The summed E-state index contributed by atoms with van der Waals surface area (Å²) in [4.78, 5) is 23.2. The van der Waals surface area contributed by atoms with Crippen molar-refractivity contribution in [2.75, 3.05) is 19.5 Å². The van der Waals surface area contributed by atoms with Crippen LogP contribution in [-0.2, 0) is 6.54 Å². The third-order valence-corrected chi connectivity index (χ3v) is 4.39. The molecule has 1 N–H and O–H groups in total. The number of anilines is 2. The summed E-state index contributed by atoms with van der Waals surface area (Å²) < 4.78 is 5.15. The summed E-state index contributed by atoms with van der Waals surface area (Å²) in [7, 11) is 3.31. The van der Waals surface area contributed by atoms with Gasteiger partial charge in [-0.3, -0.25) is 4.79 Å². The van der Waals surface area contributed by atoms with Crippen molar-refractivity contribution < 1.29 is 9.53 Å². The number of nitrogens with one attached hydrogen (secondary N) is 1. The molecular weight excluding hydrogens is 376 g/mol. The van der Waals surface area contributed by atoms with E-state index in [-0.39, 0.29) is 5.91 Å². The second kappa shape index (κ2) is 8.71. The number of nitrogens with zero attached hydrogens (tertiary/aromatic N) is 3. The van der Waals surface area contributed by atoms with Crippen LogP contribution >= 0.6 is 11.6 Å². The Morgan fingerprint density at radius 2 is 1.89 bits per heavy atom. The van der Waals surface area contributed by atoms with Crippen LogP contribution in [0.4, 0.5) is 11.6 Å². The first kappa shape index (κ1) is 19.6. The average Bonchev–Trinajstić information content (AvgIpc) is 2.68. The number of rotatable bonds is 6. The average molecular weight is 397 g/mol. The molecule has 1 aromatic heterocycles. The Morgan fingerprint density at radius 1 is 1.14 bits per heavy atom. The van der Waals surface area contributed by atoms with E-state index in [4.69, 9.17) is 16.3 Å². The fourth-order valence-corrected chi connectivity index (χ4v) is 2.99. The fraction of sp³-hybridized carbons (Fsp3) is 0.190. The summed E-state index contributed by atoms with van der Waals surface area (Å²) in [5.74, 6) is 0.735. The van der Waals surface area contributed by atoms with E-state index in [1.165, 1.54) is 0 Å². The van der Waals surface area contributed by atoms with Crippen LogP contribution in [0, 0.1) is 6.92 Å². The summed E-state index contributed by atoms with van der Waals surface area (Å²) in [6, 6.07) is 16.8. The summed E-state index contributed by atoms with van der Waals surface area (Å²) in [6.45, 7) is 2.32. The van der Waals surface area contributed by atoms with Gasteiger partial charge in [-0.15, -0.1) is 0 Å². The molecule has 144 valence electrons. The molecule has 0 atom stereocenters. The lowest BCUT2D eigenvalue weighted by molar-refractivity contribution is 0.0779. The van der Waals surface area contributed by atoms with E-state index in [2.05, 4.69) is 15.3 Å². The van der Waals surface area contributed by atoms with Crippen LogP contribution in [0.3, 0.4) is 0 Å². The molecule has 0 bridgehead atoms. The van der Waals surface area contributed by atoms with Crippen molar-refractivity contribution >= 4 is 29.1 Å². The van der Waals surface area contributed by atoms with E-state index in [0.717, 1.165) is 5.56 Å². The molecule has 1 amide bonds. The molecule has 6 nitrogen and oxygen atoms in total. The van der Waals surface area contributed by atoms with Gasteiger partial charge in [-0.2, -0.15) is 0 Å². The van der Waals surface area contributed by atoms with Crippen molar-refractivity contribution in [2.24, 2.45) is 0 Å². The molecule has 7 heteroatoms. The fourth-order valence-electron chi connectivity index (χ4n) is 2.73. The molecule has 1 heterocycles. The maximum atomic E-state index is 12.8. The second-order valence-corrected chi connectivity index (χ2v) is 6.75. The van der Waals surface area contributed by atoms with Gasteiger partial charge in [-0.25, -0.2) is 9.97 Å². The number of benzene rings is 2. The lowest BCUT2D eigenvalue weighted by atomic mass is 10.2. The van der Waals surface area contributed by atoms with Crippen LogP contribution < -0.4 is 10.1 Å². The Hall–Kier alpha value is -3.12. The van der Waals surface area contributed by atoms with Gasteiger partial charge in [0.2, 0.25) is 5.95 Å². The van der Waals surface area contributed by atoms with Gasteiger partial charge in [-0.05, 0) is 36.8 Å². The van der Waals surface area contributed by atoms with Gasteiger partial charge in [0, 0.05) is 25.0 Å². The highest BCUT2D eigenvalue weighted by Crippen LogP contribution is 2.28. The predicted octanol–water partition coefficient (Wildman–Crippen LogP) is 4.46. The molecule has 0 unspecified atom stereocenters. The Balaban J connectivity index is 1.78.